The minimum absolute atomic E-state index is 0. The second-order valence-electron chi connectivity index (χ2n) is 5.81. The molecule has 1 aliphatic rings. The van der Waals surface area contributed by atoms with Crippen molar-refractivity contribution in [1.82, 2.24) is 9.80 Å². The van der Waals surface area contributed by atoms with Gasteiger partial charge in [-0.15, -0.1) is 0 Å². The zero-order chi connectivity index (χ0) is 17.7. The molecule has 2 atom stereocenters. The van der Waals surface area contributed by atoms with Crippen molar-refractivity contribution < 1.29 is 88.4 Å². The SMILES string of the molecule is C=CC=O.CC(C)C(C(=O)O)N(C)C.CN1CCC(C=O)C1.[CH3-].[Cs+]. The largest absolute Gasteiger partial charge is 1.00 e. The molecule has 1 N–H and O–H groups in total. The van der Waals surface area contributed by atoms with Gasteiger partial charge in [0, 0.05) is 12.5 Å². The van der Waals surface area contributed by atoms with Crippen molar-refractivity contribution >= 4 is 18.5 Å². The van der Waals surface area contributed by atoms with E-state index in [1.165, 1.54) is 6.08 Å². The molecular weight excluding hydrogens is 429 g/mol. The van der Waals surface area contributed by atoms with Gasteiger partial charge in [-0.3, -0.25) is 14.5 Å². The molecule has 0 bridgehead atoms. The van der Waals surface area contributed by atoms with E-state index in [2.05, 4.69) is 11.5 Å². The summed E-state index contributed by atoms with van der Waals surface area (Å²) in [7, 11) is 5.60. The van der Waals surface area contributed by atoms with Crippen LogP contribution < -0.4 is 68.9 Å². The molecule has 0 aromatic heterocycles. The number of rotatable bonds is 5. The van der Waals surface area contributed by atoms with Gasteiger partial charge < -0.3 is 22.2 Å². The number of carbonyl (C=O) groups is 3. The molecule has 0 radical (unpaired) electrons. The Hall–Kier alpha value is 0.522. The molecule has 0 aromatic carbocycles. The Bertz CT molecular complexity index is 335. The summed E-state index contributed by atoms with van der Waals surface area (Å²) in [6.07, 6.45) is 3.95. The molecule has 0 aromatic rings. The number of hydrogen-bond acceptors (Lipinski definition) is 5. The molecule has 2 unspecified atom stereocenters. The first-order chi connectivity index (χ1) is 10.2. The third-order valence-electron chi connectivity index (χ3n) is 3.16. The normalized spacial score (nSPS) is 17.0. The quantitative estimate of drug-likeness (QED) is 0.309. The van der Waals surface area contributed by atoms with Crippen molar-refractivity contribution in [3.05, 3.63) is 20.1 Å². The maximum atomic E-state index is 10.5. The molecule has 6 nitrogen and oxygen atoms in total. The van der Waals surface area contributed by atoms with Crippen molar-refractivity contribution in [3.8, 4) is 0 Å². The number of carboxylic acid groups (broad SMARTS) is 1. The predicted octanol–water partition coefficient (Wildman–Crippen LogP) is -1.38. The van der Waals surface area contributed by atoms with Crippen LogP contribution in [-0.4, -0.2) is 73.7 Å². The number of carbonyl (C=O) groups excluding carboxylic acids is 2. The maximum Gasteiger partial charge on any atom is 1.00 e. The van der Waals surface area contributed by atoms with Crippen LogP contribution in [0.25, 0.3) is 0 Å². The van der Waals surface area contributed by atoms with Gasteiger partial charge in [0.2, 0.25) is 0 Å². The Kier molecular flexibility index (Phi) is 26.6. The van der Waals surface area contributed by atoms with Gasteiger partial charge in [-0.25, -0.2) is 0 Å². The van der Waals surface area contributed by atoms with E-state index in [9.17, 15) is 9.59 Å². The topological polar surface area (TPSA) is 77.9 Å². The Morgan fingerprint density at radius 2 is 1.79 bits per heavy atom. The summed E-state index contributed by atoms with van der Waals surface area (Å²) in [4.78, 5) is 33.6. The van der Waals surface area contributed by atoms with Gasteiger partial charge in [0.25, 0.3) is 0 Å². The predicted molar refractivity (Wildman–Crippen MR) is 94.3 cm³/mol. The number of carboxylic acids is 1. The van der Waals surface area contributed by atoms with Crippen LogP contribution in [0.1, 0.15) is 20.3 Å². The van der Waals surface area contributed by atoms with Gasteiger partial charge in [0.05, 0.1) is 0 Å². The molecule has 1 heterocycles. The van der Waals surface area contributed by atoms with Crippen molar-refractivity contribution in [2.45, 2.75) is 26.3 Å². The number of aldehydes is 2. The summed E-state index contributed by atoms with van der Waals surface area (Å²) >= 11 is 0. The first-order valence-electron chi connectivity index (χ1n) is 7.30. The van der Waals surface area contributed by atoms with Crippen LogP contribution in [0.3, 0.4) is 0 Å². The third-order valence-corrected chi connectivity index (χ3v) is 3.16. The van der Waals surface area contributed by atoms with E-state index >= 15 is 0 Å². The Labute approximate surface area is 206 Å². The number of aliphatic carboxylic acids is 1. The molecule has 0 spiro atoms. The van der Waals surface area contributed by atoms with E-state index < -0.39 is 5.97 Å². The van der Waals surface area contributed by atoms with Gasteiger partial charge in [0.15, 0.2) is 0 Å². The molecular formula is C17H33CsN2O4. The molecule has 1 rings (SSSR count). The summed E-state index contributed by atoms with van der Waals surface area (Å²) in [6, 6.07) is -0.361. The second-order valence-corrected chi connectivity index (χ2v) is 5.81. The van der Waals surface area contributed by atoms with Gasteiger partial charge in [-0.05, 0) is 46.1 Å². The molecule has 24 heavy (non-hydrogen) atoms. The Balaban J connectivity index is -0.000000129. The van der Waals surface area contributed by atoms with E-state index in [-0.39, 0.29) is 88.3 Å². The first kappa shape index (κ1) is 32.2. The van der Waals surface area contributed by atoms with Crippen LogP contribution >= 0.6 is 0 Å². The molecule has 7 heteroatoms. The number of allylic oxidation sites excluding steroid dienone is 1. The van der Waals surface area contributed by atoms with Crippen molar-refractivity contribution in [2.24, 2.45) is 11.8 Å². The van der Waals surface area contributed by atoms with Crippen LogP contribution in [0.15, 0.2) is 12.7 Å². The molecule has 0 aliphatic carbocycles. The zero-order valence-electron chi connectivity index (χ0n) is 16.4. The third kappa shape index (κ3) is 17.3. The van der Waals surface area contributed by atoms with E-state index in [4.69, 9.17) is 9.90 Å². The van der Waals surface area contributed by atoms with Crippen molar-refractivity contribution in [1.29, 1.82) is 0 Å². The van der Waals surface area contributed by atoms with Crippen LogP contribution in [0, 0.1) is 19.3 Å². The van der Waals surface area contributed by atoms with Crippen LogP contribution in [0.5, 0.6) is 0 Å². The van der Waals surface area contributed by atoms with E-state index in [0.717, 1.165) is 25.8 Å². The first-order valence-corrected chi connectivity index (χ1v) is 7.30. The molecule has 1 fully saturated rings. The summed E-state index contributed by atoms with van der Waals surface area (Å²) in [5.74, 6) is -0.271. The molecule has 0 saturated carbocycles. The van der Waals surface area contributed by atoms with Crippen LogP contribution in [0.4, 0.5) is 0 Å². The Morgan fingerprint density at radius 1 is 1.33 bits per heavy atom. The van der Waals surface area contributed by atoms with Gasteiger partial charge in [-0.1, -0.05) is 20.4 Å². The fraction of sp³-hybridized carbons (Fsp3) is 0.647. The number of hydrogen-bond donors (Lipinski definition) is 1. The van der Waals surface area contributed by atoms with Gasteiger partial charge >= 0.3 is 74.9 Å². The minimum atomic E-state index is -0.750. The molecule has 1 aliphatic heterocycles. The summed E-state index contributed by atoms with van der Waals surface area (Å²) in [6.45, 7) is 8.96. The zero-order valence-corrected chi connectivity index (χ0v) is 22.6. The summed E-state index contributed by atoms with van der Waals surface area (Å²) < 4.78 is 0. The summed E-state index contributed by atoms with van der Waals surface area (Å²) in [5, 5.41) is 8.67. The smallest absolute Gasteiger partial charge is 0.480 e. The van der Waals surface area contributed by atoms with Crippen molar-refractivity contribution in [2.75, 3.05) is 34.2 Å². The maximum absolute atomic E-state index is 10.5. The summed E-state index contributed by atoms with van der Waals surface area (Å²) in [5.41, 5.74) is 0. The average molecular weight is 462 g/mol. The molecule has 0 amide bonds. The molecule has 136 valence electrons. The Morgan fingerprint density at radius 3 is 1.88 bits per heavy atom. The fourth-order valence-corrected chi connectivity index (χ4v) is 2.18. The number of likely N-dealkylation sites (tertiary alicyclic amines) is 1. The minimum Gasteiger partial charge on any atom is -0.480 e. The van der Waals surface area contributed by atoms with Gasteiger partial charge in [0.1, 0.15) is 18.6 Å². The van der Waals surface area contributed by atoms with E-state index in [1.807, 2.05) is 20.9 Å². The second kappa shape index (κ2) is 19.8. The van der Waals surface area contributed by atoms with E-state index in [1.54, 1.807) is 19.0 Å². The monoisotopic (exact) mass is 462 g/mol. The van der Waals surface area contributed by atoms with Crippen LogP contribution in [0.2, 0.25) is 0 Å². The molecule has 1 saturated heterocycles. The van der Waals surface area contributed by atoms with E-state index in [0.29, 0.717) is 12.2 Å². The average Bonchev–Trinajstić information content (AvgIpc) is 2.84. The fourth-order valence-electron chi connectivity index (χ4n) is 2.18. The number of likely N-dealkylation sites (N-methyl/N-ethyl adjacent to an activating group) is 1. The number of nitrogens with zero attached hydrogens (tertiary/aromatic N) is 2. The standard InChI is InChI=1S/C7H15NO2.C6H11NO.C3H4O.CH3.Cs/c1-5(2)6(7(9)10)8(3)4;1-7-3-2-6(4-7)5-8;1-2-3-4;;/h5-6H,1-4H3,(H,9,10);5-6H,2-4H2,1H3;2-3H,1H2;1H3;/q;;;-1;+1. The van der Waals surface area contributed by atoms with Gasteiger partial charge in [-0.2, -0.15) is 0 Å². The van der Waals surface area contributed by atoms with Crippen molar-refractivity contribution in [3.63, 3.8) is 0 Å². The van der Waals surface area contributed by atoms with Crippen LogP contribution in [-0.2, 0) is 14.4 Å².